The molecule has 0 aliphatic heterocycles. The second-order valence-electron chi connectivity index (χ2n) is 7.84. The van der Waals surface area contributed by atoms with Gasteiger partial charge in [-0.3, -0.25) is 4.98 Å². The molecule has 5 aromatic rings. The molecule has 0 aliphatic rings. The predicted octanol–water partition coefficient (Wildman–Crippen LogP) is 7.28. The molecule has 10 heteroatoms. The zero-order chi connectivity index (χ0) is 25.3. The van der Waals surface area contributed by atoms with Gasteiger partial charge in [0, 0.05) is 30.3 Å². The summed E-state index contributed by atoms with van der Waals surface area (Å²) in [6.07, 6.45) is -2.72. The number of nitrogens with zero attached hydrogens (tertiary/aromatic N) is 2. The summed E-state index contributed by atoms with van der Waals surface area (Å²) in [4.78, 5) is 8.92. The molecule has 0 saturated carbocycles. The highest BCUT2D eigenvalue weighted by Crippen LogP contribution is 2.38. The monoisotopic (exact) mass is 511 g/mol. The number of benzene rings is 3. The first-order valence-electron chi connectivity index (χ1n) is 10.8. The molecule has 36 heavy (non-hydrogen) atoms. The third kappa shape index (κ3) is 4.85. The van der Waals surface area contributed by atoms with E-state index in [0.717, 1.165) is 27.7 Å². The van der Waals surface area contributed by atoms with Crippen molar-refractivity contribution in [2.24, 2.45) is 0 Å². The average Bonchev–Trinajstić information content (AvgIpc) is 3.29. The van der Waals surface area contributed by atoms with Crippen molar-refractivity contribution in [3.63, 3.8) is 0 Å². The maximum absolute atomic E-state index is 13.0. The van der Waals surface area contributed by atoms with Crippen molar-refractivity contribution in [1.82, 2.24) is 9.97 Å². The van der Waals surface area contributed by atoms with E-state index in [-0.39, 0.29) is 6.54 Å². The molecule has 1 N–H and O–H groups in total. The fourth-order valence-electron chi connectivity index (χ4n) is 3.74. The molecular formula is C26H20F3N3O3S. The molecule has 0 unspecified atom stereocenters. The lowest BCUT2D eigenvalue weighted by molar-refractivity contribution is -0.137. The number of hydrogen-bond acceptors (Lipinski definition) is 7. The molecule has 2 heterocycles. The zero-order valence-corrected chi connectivity index (χ0v) is 20.0. The minimum Gasteiger partial charge on any atom is -0.493 e. The number of ether oxygens (including phenoxy) is 3. The van der Waals surface area contributed by atoms with Gasteiger partial charge < -0.3 is 19.5 Å². The van der Waals surface area contributed by atoms with Crippen molar-refractivity contribution in [1.29, 1.82) is 0 Å². The van der Waals surface area contributed by atoms with Crippen LogP contribution in [0.25, 0.3) is 21.1 Å². The second-order valence-corrected chi connectivity index (χ2v) is 8.87. The van der Waals surface area contributed by atoms with E-state index in [1.54, 1.807) is 38.6 Å². The molecule has 0 spiro atoms. The number of hydrogen-bond donors (Lipinski definition) is 1. The van der Waals surface area contributed by atoms with Crippen LogP contribution in [-0.2, 0) is 12.7 Å². The highest BCUT2D eigenvalue weighted by molar-refractivity contribution is 7.22. The van der Waals surface area contributed by atoms with E-state index in [1.807, 2.05) is 24.3 Å². The largest absolute Gasteiger partial charge is 0.493 e. The van der Waals surface area contributed by atoms with Crippen molar-refractivity contribution in [2.75, 3.05) is 19.5 Å². The molecule has 3 aromatic carbocycles. The summed E-state index contributed by atoms with van der Waals surface area (Å²) >= 11 is 1.39. The third-order valence-electron chi connectivity index (χ3n) is 5.49. The minimum atomic E-state index is -4.38. The van der Waals surface area contributed by atoms with E-state index >= 15 is 0 Å². The van der Waals surface area contributed by atoms with Crippen LogP contribution in [0, 0.1) is 0 Å². The maximum Gasteiger partial charge on any atom is 0.416 e. The van der Waals surface area contributed by atoms with Gasteiger partial charge in [0.25, 0.3) is 0 Å². The Morgan fingerprint density at radius 3 is 2.47 bits per heavy atom. The summed E-state index contributed by atoms with van der Waals surface area (Å²) in [5, 5.41) is 4.48. The molecule has 2 aromatic heterocycles. The van der Waals surface area contributed by atoms with Crippen LogP contribution in [0.2, 0.25) is 0 Å². The number of nitrogens with one attached hydrogen (secondary N) is 1. The van der Waals surface area contributed by atoms with Crippen LogP contribution in [0.15, 0.2) is 66.9 Å². The number of halogens is 3. The molecule has 0 atom stereocenters. The van der Waals surface area contributed by atoms with Crippen molar-refractivity contribution in [3.8, 4) is 23.0 Å². The van der Waals surface area contributed by atoms with Crippen LogP contribution in [0.4, 0.5) is 18.3 Å². The van der Waals surface area contributed by atoms with Crippen LogP contribution in [-0.4, -0.2) is 24.2 Å². The summed E-state index contributed by atoms with van der Waals surface area (Å²) in [6, 6.07) is 16.1. The quantitative estimate of drug-likeness (QED) is 0.248. The molecule has 0 bridgehead atoms. The lowest BCUT2D eigenvalue weighted by atomic mass is 10.1. The average molecular weight is 512 g/mol. The Hall–Kier alpha value is -4.05. The van der Waals surface area contributed by atoms with Crippen LogP contribution in [0.3, 0.4) is 0 Å². The summed E-state index contributed by atoms with van der Waals surface area (Å²) < 4.78 is 56.7. The molecule has 0 aliphatic carbocycles. The molecule has 0 saturated heterocycles. The number of anilines is 1. The Morgan fingerprint density at radius 1 is 0.889 bits per heavy atom. The van der Waals surface area contributed by atoms with Gasteiger partial charge in [-0.1, -0.05) is 23.5 Å². The Labute approximate surface area is 208 Å². The molecule has 0 radical (unpaired) electrons. The van der Waals surface area contributed by atoms with Crippen molar-refractivity contribution < 1.29 is 27.4 Å². The Morgan fingerprint density at radius 2 is 1.69 bits per heavy atom. The number of alkyl halides is 3. The second kappa shape index (κ2) is 9.54. The Balaban J connectivity index is 1.36. The van der Waals surface area contributed by atoms with Gasteiger partial charge in [-0.2, -0.15) is 13.2 Å². The van der Waals surface area contributed by atoms with E-state index in [4.69, 9.17) is 14.2 Å². The minimum absolute atomic E-state index is 0.224. The van der Waals surface area contributed by atoms with Gasteiger partial charge in [0.1, 0.15) is 11.5 Å². The van der Waals surface area contributed by atoms with E-state index in [9.17, 15) is 13.2 Å². The van der Waals surface area contributed by atoms with Crippen LogP contribution in [0.5, 0.6) is 23.0 Å². The molecule has 0 fully saturated rings. The summed E-state index contributed by atoms with van der Waals surface area (Å²) in [5.74, 6) is 2.36. The number of rotatable bonds is 7. The first-order valence-corrected chi connectivity index (χ1v) is 11.6. The number of aromatic nitrogens is 2. The Kier molecular flexibility index (Phi) is 6.27. The SMILES string of the molecule is COc1cc2nccc(Oc3ccc4nc(NCc5cccc(C(F)(F)F)c5)sc4c3)c2cc1OC. The van der Waals surface area contributed by atoms with E-state index in [1.165, 1.54) is 17.4 Å². The standard InChI is InChI=1S/C26H20F3N3O3S/c1-33-22-12-18-20(13-23(22)34-2)30-9-8-21(18)35-17-6-7-19-24(11-17)36-25(32-19)31-14-15-4-3-5-16(10-15)26(27,28)29/h3-13H,14H2,1-2H3,(H,31,32). The number of methoxy groups -OCH3 is 2. The van der Waals surface area contributed by atoms with Gasteiger partial charge in [-0.15, -0.1) is 0 Å². The number of thiazole rings is 1. The molecule has 184 valence electrons. The normalized spacial score (nSPS) is 11.6. The van der Waals surface area contributed by atoms with Crippen LogP contribution < -0.4 is 19.5 Å². The highest BCUT2D eigenvalue weighted by Gasteiger charge is 2.30. The van der Waals surface area contributed by atoms with Gasteiger partial charge in [0.05, 0.1) is 35.5 Å². The zero-order valence-electron chi connectivity index (χ0n) is 19.2. The van der Waals surface area contributed by atoms with E-state index in [2.05, 4.69) is 15.3 Å². The Bertz CT molecular complexity index is 1550. The lowest BCUT2D eigenvalue weighted by Gasteiger charge is -2.12. The number of fused-ring (bicyclic) bond motifs is 2. The van der Waals surface area contributed by atoms with Gasteiger partial charge in [-0.05, 0) is 42.0 Å². The molecule has 6 nitrogen and oxygen atoms in total. The smallest absolute Gasteiger partial charge is 0.416 e. The molecule has 5 rings (SSSR count). The van der Waals surface area contributed by atoms with Crippen molar-refractivity contribution in [2.45, 2.75) is 12.7 Å². The topological polar surface area (TPSA) is 65.5 Å². The summed E-state index contributed by atoms with van der Waals surface area (Å²) in [7, 11) is 3.13. The fraction of sp³-hybridized carbons (Fsp3) is 0.154. The molecular weight excluding hydrogens is 491 g/mol. The predicted molar refractivity (Wildman–Crippen MR) is 133 cm³/mol. The van der Waals surface area contributed by atoms with Gasteiger partial charge in [-0.25, -0.2) is 4.98 Å². The van der Waals surface area contributed by atoms with Crippen molar-refractivity contribution in [3.05, 3.63) is 78.0 Å². The number of pyridine rings is 1. The van der Waals surface area contributed by atoms with E-state index < -0.39 is 11.7 Å². The van der Waals surface area contributed by atoms with Crippen LogP contribution in [0.1, 0.15) is 11.1 Å². The summed E-state index contributed by atoms with van der Waals surface area (Å²) in [6.45, 7) is 0.224. The highest BCUT2D eigenvalue weighted by atomic mass is 32.1. The van der Waals surface area contributed by atoms with E-state index in [0.29, 0.717) is 39.2 Å². The molecule has 0 amide bonds. The third-order valence-corrected chi connectivity index (χ3v) is 6.47. The van der Waals surface area contributed by atoms with Crippen molar-refractivity contribution >= 4 is 37.6 Å². The first-order chi connectivity index (χ1) is 17.3. The first kappa shape index (κ1) is 23.7. The maximum atomic E-state index is 13.0. The van der Waals surface area contributed by atoms with Gasteiger partial charge >= 0.3 is 6.18 Å². The summed E-state index contributed by atoms with van der Waals surface area (Å²) in [5.41, 5.74) is 1.30. The van der Waals surface area contributed by atoms with Crippen LogP contribution >= 0.6 is 11.3 Å². The van der Waals surface area contributed by atoms with Gasteiger partial charge in [0.15, 0.2) is 16.6 Å². The lowest BCUT2D eigenvalue weighted by Crippen LogP contribution is -2.06. The fourth-order valence-corrected chi connectivity index (χ4v) is 4.63. The van der Waals surface area contributed by atoms with Gasteiger partial charge in [0.2, 0.25) is 0 Å².